The molecule has 1 N–H and O–H groups in total. The third-order valence-electron chi connectivity index (χ3n) is 3.52. The molecule has 3 rings (SSSR count). The molecule has 1 nitrogen and oxygen atoms in total. The second-order valence-corrected chi connectivity index (χ2v) is 6.77. The number of halogens is 2. The first-order valence-corrected chi connectivity index (χ1v) is 8.51. The third-order valence-corrected chi connectivity index (χ3v) is 5.38. The van der Waals surface area contributed by atoms with Crippen molar-refractivity contribution in [2.75, 3.05) is 5.75 Å². The molecule has 0 aromatic heterocycles. The van der Waals surface area contributed by atoms with Crippen molar-refractivity contribution in [2.45, 2.75) is 18.3 Å². The van der Waals surface area contributed by atoms with Crippen LogP contribution in [-0.2, 0) is 12.3 Å². The molecular formula is C16H15BrFNS. The highest BCUT2D eigenvalue weighted by atomic mass is 79.9. The molecule has 104 valence electrons. The van der Waals surface area contributed by atoms with Crippen molar-refractivity contribution in [1.82, 2.24) is 5.32 Å². The molecule has 0 radical (unpaired) electrons. The highest BCUT2D eigenvalue weighted by molar-refractivity contribution is 9.10. The molecular weight excluding hydrogens is 337 g/mol. The topological polar surface area (TPSA) is 12.0 Å². The number of fused-ring (bicyclic) bond motifs is 1. The average Bonchev–Trinajstić information content (AvgIpc) is 2.48. The van der Waals surface area contributed by atoms with Gasteiger partial charge in [-0.1, -0.05) is 40.2 Å². The van der Waals surface area contributed by atoms with Crippen LogP contribution in [0.2, 0.25) is 0 Å². The lowest BCUT2D eigenvalue weighted by molar-refractivity contribution is 0.568. The van der Waals surface area contributed by atoms with Gasteiger partial charge in [0, 0.05) is 28.6 Å². The van der Waals surface area contributed by atoms with Gasteiger partial charge in [-0.15, -0.1) is 0 Å². The molecule has 20 heavy (non-hydrogen) atoms. The lowest BCUT2D eigenvalue weighted by Crippen LogP contribution is -2.26. The monoisotopic (exact) mass is 351 g/mol. The van der Waals surface area contributed by atoms with Crippen molar-refractivity contribution in [3.05, 3.63) is 69.4 Å². The fraction of sp³-hybridized carbons (Fsp3) is 0.250. The van der Waals surface area contributed by atoms with Gasteiger partial charge in [-0.25, -0.2) is 4.39 Å². The first kappa shape index (κ1) is 14.1. The summed E-state index contributed by atoms with van der Waals surface area (Å²) in [6.07, 6.45) is 0. The smallest absolute Gasteiger partial charge is 0.123 e. The molecule has 1 aliphatic heterocycles. The van der Waals surface area contributed by atoms with E-state index in [1.807, 2.05) is 11.8 Å². The fourth-order valence-electron chi connectivity index (χ4n) is 2.46. The van der Waals surface area contributed by atoms with Gasteiger partial charge in [-0.3, -0.25) is 0 Å². The molecule has 0 fully saturated rings. The largest absolute Gasteiger partial charge is 0.305 e. The van der Waals surface area contributed by atoms with Crippen LogP contribution in [0.1, 0.15) is 22.7 Å². The highest BCUT2D eigenvalue weighted by Crippen LogP contribution is 2.31. The van der Waals surface area contributed by atoms with E-state index >= 15 is 0 Å². The summed E-state index contributed by atoms with van der Waals surface area (Å²) >= 11 is 5.42. The van der Waals surface area contributed by atoms with Gasteiger partial charge < -0.3 is 5.32 Å². The normalized spacial score (nSPS) is 17.8. The standard InChI is InChI=1S/C16H15BrFNS/c17-15-6-5-13(18)7-12(15)8-19-16-10-20-9-11-3-1-2-4-14(11)16/h1-7,16,19H,8-10H2. The maximum Gasteiger partial charge on any atom is 0.123 e. The molecule has 2 aromatic rings. The highest BCUT2D eigenvalue weighted by Gasteiger charge is 2.19. The predicted molar refractivity (Wildman–Crippen MR) is 86.3 cm³/mol. The Morgan fingerprint density at radius 2 is 2.10 bits per heavy atom. The van der Waals surface area contributed by atoms with Gasteiger partial charge in [-0.05, 0) is 34.9 Å². The number of rotatable bonds is 3. The number of benzene rings is 2. The van der Waals surface area contributed by atoms with Crippen LogP contribution in [0.25, 0.3) is 0 Å². The van der Waals surface area contributed by atoms with Gasteiger partial charge in [0.05, 0.1) is 0 Å². The first-order chi connectivity index (χ1) is 9.74. The van der Waals surface area contributed by atoms with Crippen molar-refractivity contribution in [3.63, 3.8) is 0 Å². The van der Waals surface area contributed by atoms with E-state index in [-0.39, 0.29) is 5.82 Å². The van der Waals surface area contributed by atoms with Crippen molar-refractivity contribution < 1.29 is 4.39 Å². The van der Waals surface area contributed by atoms with Crippen LogP contribution in [0.15, 0.2) is 46.9 Å². The summed E-state index contributed by atoms with van der Waals surface area (Å²) in [6, 6.07) is 13.7. The average molecular weight is 352 g/mol. The van der Waals surface area contributed by atoms with Crippen LogP contribution in [-0.4, -0.2) is 5.75 Å². The molecule has 1 atom stereocenters. The summed E-state index contributed by atoms with van der Waals surface area (Å²) in [4.78, 5) is 0. The van der Waals surface area contributed by atoms with E-state index in [2.05, 4.69) is 45.5 Å². The summed E-state index contributed by atoms with van der Waals surface area (Å²) in [5.74, 6) is 1.95. The van der Waals surface area contributed by atoms with Crippen LogP contribution in [0.4, 0.5) is 4.39 Å². The van der Waals surface area contributed by atoms with E-state index in [4.69, 9.17) is 0 Å². The summed E-state index contributed by atoms with van der Waals surface area (Å²) < 4.78 is 14.2. The zero-order valence-corrected chi connectivity index (χ0v) is 13.3. The van der Waals surface area contributed by atoms with Crippen LogP contribution in [0.5, 0.6) is 0 Å². The molecule has 1 aliphatic rings. The van der Waals surface area contributed by atoms with E-state index in [0.29, 0.717) is 12.6 Å². The minimum atomic E-state index is -0.191. The summed E-state index contributed by atoms with van der Waals surface area (Å²) in [5.41, 5.74) is 3.73. The molecule has 1 heterocycles. The first-order valence-electron chi connectivity index (χ1n) is 6.57. The molecule has 0 spiro atoms. The zero-order valence-electron chi connectivity index (χ0n) is 10.9. The van der Waals surface area contributed by atoms with Gasteiger partial charge in [0.2, 0.25) is 0 Å². The predicted octanol–water partition coefficient (Wildman–Crippen LogP) is 4.67. The van der Waals surface area contributed by atoms with Crippen LogP contribution < -0.4 is 5.32 Å². The van der Waals surface area contributed by atoms with Gasteiger partial charge in [0.1, 0.15) is 5.82 Å². The molecule has 0 saturated heterocycles. The van der Waals surface area contributed by atoms with Crippen LogP contribution in [0, 0.1) is 5.82 Å². The van der Waals surface area contributed by atoms with Crippen molar-refractivity contribution >= 4 is 27.7 Å². The minimum absolute atomic E-state index is 0.191. The Balaban J connectivity index is 1.75. The Morgan fingerprint density at radius 1 is 1.25 bits per heavy atom. The van der Waals surface area contributed by atoms with Crippen molar-refractivity contribution in [3.8, 4) is 0 Å². The van der Waals surface area contributed by atoms with E-state index in [9.17, 15) is 4.39 Å². The van der Waals surface area contributed by atoms with Crippen LogP contribution >= 0.6 is 27.7 Å². The third kappa shape index (κ3) is 3.08. The number of thioether (sulfide) groups is 1. The lowest BCUT2D eigenvalue weighted by Gasteiger charge is -2.26. The van der Waals surface area contributed by atoms with Gasteiger partial charge in [-0.2, -0.15) is 11.8 Å². The van der Waals surface area contributed by atoms with Gasteiger partial charge in [0.15, 0.2) is 0 Å². The SMILES string of the molecule is Fc1ccc(Br)c(CNC2CSCc3ccccc32)c1. The number of nitrogens with one attached hydrogen (secondary N) is 1. The maximum atomic E-state index is 13.3. The van der Waals surface area contributed by atoms with Gasteiger partial charge >= 0.3 is 0 Å². The fourth-order valence-corrected chi connectivity index (χ4v) is 3.98. The molecule has 0 saturated carbocycles. The lowest BCUT2D eigenvalue weighted by atomic mass is 10.0. The molecule has 0 bridgehead atoms. The summed E-state index contributed by atoms with van der Waals surface area (Å²) in [5, 5.41) is 3.54. The molecule has 1 unspecified atom stereocenters. The van der Waals surface area contributed by atoms with E-state index in [0.717, 1.165) is 21.5 Å². The van der Waals surface area contributed by atoms with Crippen molar-refractivity contribution in [1.29, 1.82) is 0 Å². The Morgan fingerprint density at radius 3 is 3.00 bits per heavy atom. The molecule has 2 aromatic carbocycles. The second-order valence-electron chi connectivity index (χ2n) is 4.88. The number of hydrogen-bond acceptors (Lipinski definition) is 2. The van der Waals surface area contributed by atoms with E-state index < -0.39 is 0 Å². The summed E-state index contributed by atoms with van der Waals surface area (Å²) in [6.45, 7) is 0.665. The Hall–Kier alpha value is -0.840. The Labute approximate surface area is 131 Å². The molecule has 0 aliphatic carbocycles. The molecule has 4 heteroatoms. The van der Waals surface area contributed by atoms with E-state index in [1.165, 1.54) is 17.2 Å². The zero-order chi connectivity index (χ0) is 13.9. The van der Waals surface area contributed by atoms with Gasteiger partial charge in [0.25, 0.3) is 0 Å². The minimum Gasteiger partial charge on any atom is -0.305 e. The van der Waals surface area contributed by atoms with Crippen molar-refractivity contribution in [2.24, 2.45) is 0 Å². The number of hydrogen-bond donors (Lipinski definition) is 1. The maximum absolute atomic E-state index is 13.3. The molecule has 0 amide bonds. The second kappa shape index (κ2) is 6.29. The van der Waals surface area contributed by atoms with Crippen LogP contribution in [0.3, 0.4) is 0 Å². The van der Waals surface area contributed by atoms with E-state index in [1.54, 1.807) is 12.1 Å². The Kier molecular flexibility index (Phi) is 4.44. The quantitative estimate of drug-likeness (QED) is 0.862. The Bertz CT molecular complexity index is 617. The summed E-state index contributed by atoms with van der Waals surface area (Å²) in [7, 11) is 0.